The van der Waals surface area contributed by atoms with Gasteiger partial charge in [-0.25, -0.2) is 8.78 Å². The van der Waals surface area contributed by atoms with Crippen LogP contribution in [0.1, 0.15) is 61.3 Å². The Balaban J connectivity index is 1.30. The highest BCUT2D eigenvalue weighted by molar-refractivity contribution is 5.92. The highest BCUT2D eigenvalue weighted by Gasteiger charge is 2.40. The number of aryl methyl sites for hydroxylation is 1. The molecule has 1 aliphatic heterocycles. The van der Waals surface area contributed by atoms with Gasteiger partial charge in [0.15, 0.2) is 5.60 Å². The lowest BCUT2D eigenvalue weighted by molar-refractivity contribution is -0.136. The summed E-state index contributed by atoms with van der Waals surface area (Å²) in [7, 11) is 0. The van der Waals surface area contributed by atoms with Crippen LogP contribution in [0.2, 0.25) is 0 Å². The van der Waals surface area contributed by atoms with Gasteiger partial charge < -0.3 is 20.6 Å². The van der Waals surface area contributed by atoms with Crippen LogP contribution in [-0.2, 0) is 15.2 Å². The Morgan fingerprint density at radius 2 is 1.51 bits per heavy atom. The maximum atomic E-state index is 13.5. The van der Waals surface area contributed by atoms with Gasteiger partial charge in [0, 0.05) is 18.2 Å². The predicted octanol–water partition coefficient (Wildman–Crippen LogP) is 5.49. The lowest BCUT2D eigenvalue weighted by Gasteiger charge is -2.33. The van der Waals surface area contributed by atoms with Crippen molar-refractivity contribution in [1.82, 2.24) is 10.2 Å². The second-order valence-corrected chi connectivity index (χ2v) is 11.2. The number of anilines is 1. The van der Waals surface area contributed by atoms with Crippen molar-refractivity contribution in [3.8, 4) is 0 Å². The molecule has 2 amide bonds. The molecule has 8 heteroatoms. The lowest BCUT2D eigenvalue weighted by atomic mass is 9.85. The summed E-state index contributed by atoms with van der Waals surface area (Å²) >= 11 is 0. The molecular weight excluding hydrogens is 524 g/mol. The van der Waals surface area contributed by atoms with Crippen molar-refractivity contribution in [3.63, 3.8) is 0 Å². The van der Waals surface area contributed by atoms with Crippen molar-refractivity contribution in [3.05, 3.63) is 101 Å². The van der Waals surface area contributed by atoms with Crippen molar-refractivity contribution in [2.24, 2.45) is 5.92 Å². The molecule has 3 aromatic rings. The molecule has 0 spiro atoms. The molecule has 0 unspecified atom stereocenters. The minimum absolute atomic E-state index is 0.00971. The fraction of sp³-hybridized carbons (Fsp3) is 0.394. The molecule has 4 rings (SSSR count). The number of rotatable bonds is 10. The number of benzene rings is 3. The molecular formula is C33H39F2N3O3. The van der Waals surface area contributed by atoms with Crippen molar-refractivity contribution in [2.75, 3.05) is 31.5 Å². The number of carbonyl (C=O) groups excluding carboxylic acids is 2. The first-order chi connectivity index (χ1) is 19.6. The van der Waals surface area contributed by atoms with Gasteiger partial charge in [0.25, 0.3) is 5.91 Å². The quantitative estimate of drug-likeness (QED) is 0.285. The Morgan fingerprint density at radius 3 is 2.05 bits per heavy atom. The van der Waals surface area contributed by atoms with E-state index in [4.69, 9.17) is 0 Å². The first-order valence-electron chi connectivity index (χ1n) is 14.2. The van der Waals surface area contributed by atoms with E-state index in [0.717, 1.165) is 38.2 Å². The SMILES string of the molecule is Cc1ccc(NC(=O)C(C)C)cc1C1CCN(CCCNC(=O)C(O)(c2ccc(F)cc2)c2ccc(F)cc2)CC1. The highest BCUT2D eigenvalue weighted by atomic mass is 19.1. The minimum atomic E-state index is -2.08. The summed E-state index contributed by atoms with van der Waals surface area (Å²) in [6.45, 7) is 8.86. The molecule has 3 aromatic carbocycles. The number of hydrogen-bond donors (Lipinski definition) is 3. The standard InChI is InChI=1S/C33H39F2N3O3/c1-22(2)31(39)37-29-14-5-23(3)30(21-29)24-15-19-38(20-16-24)18-4-17-36-32(40)33(41,25-6-10-27(34)11-7-25)26-8-12-28(35)13-9-26/h5-14,21-22,24,41H,4,15-20H2,1-3H3,(H,36,40)(H,37,39). The molecule has 0 atom stereocenters. The summed E-state index contributed by atoms with van der Waals surface area (Å²) in [5, 5.41) is 17.3. The van der Waals surface area contributed by atoms with Gasteiger partial charge in [-0.3, -0.25) is 9.59 Å². The highest BCUT2D eigenvalue weighted by Crippen LogP contribution is 2.33. The number of amides is 2. The Morgan fingerprint density at radius 1 is 0.951 bits per heavy atom. The molecule has 1 fully saturated rings. The Hall–Kier alpha value is -3.62. The van der Waals surface area contributed by atoms with E-state index in [1.807, 2.05) is 19.9 Å². The zero-order chi connectivity index (χ0) is 29.6. The molecule has 218 valence electrons. The zero-order valence-corrected chi connectivity index (χ0v) is 23.9. The summed E-state index contributed by atoms with van der Waals surface area (Å²) in [6.07, 6.45) is 2.70. The second-order valence-electron chi connectivity index (χ2n) is 11.2. The van der Waals surface area contributed by atoms with Crippen LogP contribution in [0.15, 0.2) is 66.7 Å². The maximum Gasteiger partial charge on any atom is 0.261 e. The number of likely N-dealkylation sites (tertiary alicyclic amines) is 1. The molecule has 0 aromatic heterocycles. The van der Waals surface area contributed by atoms with Gasteiger partial charge in [0.05, 0.1) is 0 Å². The Labute approximate surface area is 240 Å². The largest absolute Gasteiger partial charge is 0.372 e. The molecule has 1 heterocycles. The van der Waals surface area contributed by atoms with Gasteiger partial charge >= 0.3 is 0 Å². The number of carbonyl (C=O) groups is 2. The van der Waals surface area contributed by atoms with E-state index in [9.17, 15) is 23.5 Å². The molecule has 3 N–H and O–H groups in total. The zero-order valence-electron chi connectivity index (χ0n) is 23.9. The molecule has 0 saturated carbocycles. The van der Waals surface area contributed by atoms with Crippen LogP contribution in [0.5, 0.6) is 0 Å². The van der Waals surface area contributed by atoms with Crippen molar-refractivity contribution in [2.45, 2.75) is 51.6 Å². The van der Waals surface area contributed by atoms with E-state index in [2.05, 4.69) is 34.6 Å². The van der Waals surface area contributed by atoms with Gasteiger partial charge in [0.2, 0.25) is 5.91 Å². The van der Waals surface area contributed by atoms with E-state index in [1.54, 1.807) is 0 Å². The molecule has 0 aliphatic carbocycles. The van der Waals surface area contributed by atoms with Crippen molar-refractivity contribution >= 4 is 17.5 Å². The van der Waals surface area contributed by atoms with Crippen LogP contribution in [0, 0.1) is 24.5 Å². The topological polar surface area (TPSA) is 81.7 Å². The summed E-state index contributed by atoms with van der Waals surface area (Å²) in [4.78, 5) is 27.8. The number of piperidine rings is 1. The summed E-state index contributed by atoms with van der Waals surface area (Å²) in [5.41, 5.74) is 1.66. The van der Waals surface area contributed by atoms with E-state index < -0.39 is 23.1 Å². The van der Waals surface area contributed by atoms with E-state index in [0.29, 0.717) is 18.9 Å². The van der Waals surface area contributed by atoms with Gasteiger partial charge in [0.1, 0.15) is 11.6 Å². The first-order valence-corrected chi connectivity index (χ1v) is 14.2. The lowest BCUT2D eigenvalue weighted by Crippen LogP contribution is -2.46. The summed E-state index contributed by atoms with van der Waals surface area (Å²) in [5.74, 6) is -1.26. The monoisotopic (exact) mass is 563 g/mol. The van der Waals surface area contributed by atoms with Crippen LogP contribution in [0.4, 0.5) is 14.5 Å². The van der Waals surface area contributed by atoms with Gasteiger partial charge in [-0.05, 0) is 110 Å². The normalized spacial score (nSPS) is 14.7. The van der Waals surface area contributed by atoms with Gasteiger partial charge in [-0.2, -0.15) is 0 Å². The molecule has 41 heavy (non-hydrogen) atoms. The first kappa shape index (κ1) is 30.3. The third-order valence-electron chi connectivity index (χ3n) is 7.89. The van der Waals surface area contributed by atoms with Crippen molar-refractivity contribution < 1.29 is 23.5 Å². The van der Waals surface area contributed by atoms with Crippen LogP contribution in [0.25, 0.3) is 0 Å². The number of nitrogens with one attached hydrogen (secondary N) is 2. The third-order valence-corrected chi connectivity index (χ3v) is 7.89. The Bertz CT molecular complexity index is 1290. The number of aliphatic hydroxyl groups is 1. The molecule has 1 aliphatic rings. The summed E-state index contributed by atoms with van der Waals surface area (Å²) in [6, 6.07) is 16.3. The Kier molecular flexibility index (Phi) is 9.89. The van der Waals surface area contributed by atoms with Gasteiger partial charge in [-0.1, -0.05) is 44.2 Å². The molecule has 0 radical (unpaired) electrons. The fourth-order valence-electron chi connectivity index (χ4n) is 5.36. The van der Waals surface area contributed by atoms with Crippen molar-refractivity contribution in [1.29, 1.82) is 0 Å². The average molecular weight is 564 g/mol. The van der Waals surface area contributed by atoms with Crippen LogP contribution >= 0.6 is 0 Å². The molecule has 1 saturated heterocycles. The number of halogens is 2. The smallest absolute Gasteiger partial charge is 0.261 e. The number of hydrogen-bond acceptors (Lipinski definition) is 4. The van der Waals surface area contributed by atoms with Crippen LogP contribution < -0.4 is 10.6 Å². The van der Waals surface area contributed by atoms with E-state index in [1.165, 1.54) is 59.7 Å². The molecule has 6 nitrogen and oxygen atoms in total. The van der Waals surface area contributed by atoms with Crippen LogP contribution in [-0.4, -0.2) is 48.0 Å². The minimum Gasteiger partial charge on any atom is -0.372 e. The van der Waals surface area contributed by atoms with Crippen LogP contribution in [0.3, 0.4) is 0 Å². The number of nitrogens with zero attached hydrogens (tertiary/aromatic N) is 1. The summed E-state index contributed by atoms with van der Waals surface area (Å²) < 4.78 is 27.1. The molecule has 0 bridgehead atoms. The third kappa shape index (κ3) is 7.37. The fourth-order valence-corrected chi connectivity index (χ4v) is 5.36. The van der Waals surface area contributed by atoms with E-state index >= 15 is 0 Å². The second kappa shape index (κ2) is 13.4. The maximum absolute atomic E-state index is 13.5. The average Bonchev–Trinajstić information content (AvgIpc) is 2.96. The van der Waals surface area contributed by atoms with E-state index in [-0.39, 0.29) is 23.0 Å². The predicted molar refractivity (Wildman–Crippen MR) is 156 cm³/mol. The van der Waals surface area contributed by atoms with Gasteiger partial charge in [-0.15, -0.1) is 0 Å².